The molecule has 9 heteroatoms. The number of rotatable bonds is 8. The Labute approximate surface area is 177 Å². The number of thioether (sulfide) groups is 1. The Morgan fingerprint density at radius 2 is 1.83 bits per heavy atom. The summed E-state index contributed by atoms with van der Waals surface area (Å²) in [5.41, 5.74) is 1.40. The van der Waals surface area contributed by atoms with Gasteiger partial charge in [-0.25, -0.2) is 0 Å². The molecule has 0 N–H and O–H groups in total. The molecule has 0 saturated carbocycles. The molecule has 4 aromatic rings. The van der Waals surface area contributed by atoms with E-state index < -0.39 is 0 Å². The van der Waals surface area contributed by atoms with Crippen molar-refractivity contribution in [2.24, 2.45) is 0 Å². The van der Waals surface area contributed by atoms with Gasteiger partial charge in [0.2, 0.25) is 0 Å². The Kier molecular flexibility index (Phi) is 6.08. The fourth-order valence-corrected chi connectivity index (χ4v) is 3.93. The summed E-state index contributed by atoms with van der Waals surface area (Å²) in [4.78, 5) is 12.7. The van der Waals surface area contributed by atoms with E-state index in [-0.39, 0.29) is 5.56 Å². The van der Waals surface area contributed by atoms with Crippen LogP contribution < -0.4 is 10.3 Å². The van der Waals surface area contributed by atoms with Crippen molar-refractivity contribution in [1.29, 1.82) is 0 Å². The van der Waals surface area contributed by atoms with Gasteiger partial charge in [0.15, 0.2) is 11.0 Å². The topological polar surface area (TPSA) is 87.7 Å². The Hall–Kier alpha value is -3.20. The van der Waals surface area contributed by atoms with Crippen molar-refractivity contribution in [2.75, 3.05) is 7.11 Å². The second kappa shape index (κ2) is 9.08. The van der Waals surface area contributed by atoms with Crippen LogP contribution in [0.2, 0.25) is 0 Å². The molecule has 8 nitrogen and oxygen atoms in total. The standard InChI is InChI=1S/C21H22N6O2S/c1-3-4-13-26-19(15-9-11-16(29-2)12-10-15)23-24-21(26)30-14-27-20(28)17-7-5-6-8-18(17)22-25-27/h5-12H,3-4,13-14H2,1-2H3. The van der Waals surface area contributed by atoms with Gasteiger partial charge >= 0.3 is 0 Å². The van der Waals surface area contributed by atoms with Gasteiger partial charge in [-0.2, -0.15) is 4.68 Å². The molecule has 2 aromatic heterocycles. The molecule has 0 aliphatic rings. The minimum Gasteiger partial charge on any atom is -0.497 e. The van der Waals surface area contributed by atoms with Crippen LogP contribution in [0.5, 0.6) is 5.75 Å². The van der Waals surface area contributed by atoms with Gasteiger partial charge in [0.05, 0.1) is 18.4 Å². The summed E-state index contributed by atoms with van der Waals surface area (Å²) < 4.78 is 8.70. The number of ether oxygens (including phenoxy) is 1. The van der Waals surface area contributed by atoms with Crippen LogP contribution in [-0.2, 0) is 12.4 Å². The molecule has 4 rings (SSSR count). The van der Waals surface area contributed by atoms with Crippen LogP contribution in [0.4, 0.5) is 0 Å². The maximum atomic E-state index is 12.7. The van der Waals surface area contributed by atoms with Gasteiger partial charge in [-0.3, -0.25) is 4.79 Å². The average molecular weight is 423 g/mol. The molecule has 0 fully saturated rings. The number of hydrogen-bond acceptors (Lipinski definition) is 7. The van der Waals surface area contributed by atoms with E-state index in [0.717, 1.165) is 41.7 Å². The second-order valence-electron chi connectivity index (χ2n) is 6.72. The first-order valence-electron chi connectivity index (χ1n) is 9.74. The van der Waals surface area contributed by atoms with Crippen molar-refractivity contribution in [3.8, 4) is 17.1 Å². The van der Waals surface area contributed by atoms with Crippen molar-refractivity contribution >= 4 is 22.7 Å². The third-order valence-electron chi connectivity index (χ3n) is 4.75. The highest BCUT2D eigenvalue weighted by Crippen LogP contribution is 2.26. The average Bonchev–Trinajstić information content (AvgIpc) is 3.20. The molecule has 0 spiro atoms. The smallest absolute Gasteiger partial charge is 0.278 e. The van der Waals surface area contributed by atoms with Crippen LogP contribution in [0.3, 0.4) is 0 Å². The van der Waals surface area contributed by atoms with Gasteiger partial charge in [0.25, 0.3) is 5.56 Å². The van der Waals surface area contributed by atoms with E-state index in [1.54, 1.807) is 19.2 Å². The maximum Gasteiger partial charge on any atom is 0.278 e. The van der Waals surface area contributed by atoms with E-state index in [9.17, 15) is 4.79 Å². The van der Waals surface area contributed by atoms with Crippen LogP contribution in [0.25, 0.3) is 22.3 Å². The lowest BCUT2D eigenvalue weighted by atomic mass is 10.2. The summed E-state index contributed by atoms with van der Waals surface area (Å²) in [6, 6.07) is 15.0. The first-order chi connectivity index (χ1) is 14.7. The third-order valence-corrected chi connectivity index (χ3v) is 5.68. The van der Waals surface area contributed by atoms with Crippen molar-refractivity contribution in [2.45, 2.75) is 37.3 Å². The molecule has 0 amide bonds. The number of benzene rings is 2. The largest absolute Gasteiger partial charge is 0.497 e. The minimum atomic E-state index is -0.164. The van der Waals surface area contributed by atoms with Crippen molar-refractivity contribution in [1.82, 2.24) is 29.8 Å². The number of hydrogen-bond donors (Lipinski definition) is 0. The zero-order chi connectivity index (χ0) is 20.9. The van der Waals surface area contributed by atoms with Crippen molar-refractivity contribution in [3.63, 3.8) is 0 Å². The summed E-state index contributed by atoms with van der Waals surface area (Å²) in [7, 11) is 1.64. The molecule has 0 bridgehead atoms. The van der Waals surface area contributed by atoms with E-state index in [2.05, 4.69) is 32.0 Å². The molecular formula is C21H22N6O2S. The number of methoxy groups -OCH3 is 1. The first kappa shape index (κ1) is 20.1. The zero-order valence-electron chi connectivity index (χ0n) is 16.9. The lowest BCUT2D eigenvalue weighted by Crippen LogP contribution is -2.23. The van der Waals surface area contributed by atoms with Crippen molar-refractivity contribution in [3.05, 3.63) is 58.9 Å². The quantitative estimate of drug-likeness (QED) is 0.401. The minimum absolute atomic E-state index is 0.164. The summed E-state index contributed by atoms with van der Waals surface area (Å²) in [5.74, 6) is 1.90. The highest BCUT2D eigenvalue weighted by Gasteiger charge is 2.15. The summed E-state index contributed by atoms with van der Waals surface area (Å²) in [6.45, 7) is 2.94. The summed E-state index contributed by atoms with van der Waals surface area (Å²) in [6.07, 6.45) is 2.06. The van der Waals surface area contributed by atoms with E-state index in [0.29, 0.717) is 16.8 Å². The highest BCUT2D eigenvalue weighted by molar-refractivity contribution is 7.98. The highest BCUT2D eigenvalue weighted by atomic mass is 32.2. The van der Waals surface area contributed by atoms with Gasteiger partial charge in [-0.15, -0.1) is 15.3 Å². The van der Waals surface area contributed by atoms with Gasteiger partial charge in [0.1, 0.15) is 11.3 Å². The molecule has 0 aliphatic carbocycles. The van der Waals surface area contributed by atoms with Crippen LogP contribution in [0, 0.1) is 0 Å². The number of aromatic nitrogens is 6. The van der Waals surface area contributed by atoms with Gasteiger partial charge in [0, 0.05) is 12.1 Å². The number of nitrogens with zero attached hydrogens (tertiary/aromatic N) is 6. The third kappa shape index (κ3) is 4.06. The Bertz CT molecular complexity index is 1200. The predicted octanol–water partition coefficient (Wildman–Crippen LogP) is 3.61. The van der Waals surface area contributed by atoms with Crippen molar-refractivity contribution < 1.29 is 4.74 Å². The van der Waals surface area contributed by atoms with E-state index in [1.807, 2.05) is 36.4 Å². The first-order valence-corrected chi connectivity index (χ1v) is 10.7. The lowest BCUT2D eigenvalue weighted by molar-refractivity contribution is 0.415. The van der Waals surface area contributed by atoms with Gasteiger partial charge in [-0.1, -0.05) is 42.5 Å². The zero-order valence-corrected chi connectivity index (χ0v) is 17.7. The Morgan fingerprint density at radius 1 is 1.03 bits per heavy atom. The SMILES string of the molecule is CCCCn1c(SCn2nnc3ccccc3c2=O)nnc1-c1ccc(OC)cc1. The van der Waals surface area contributed by atoms with E-state index in [4.69, 9.17) is 4.74 Å². The van der Waals surface area contributed by atoms with Gasteiger partial charge < -0.3 is 9.30 Å². The summed E-state index contributed by atoms with van der Waals surface area (Å²) in [5, 5.41) is 18.3. The van der Waals surface area contributed by atoms with Crippen LogP contribution in [0.15, 0.2) is 58.5 Å². The Morgan fingerprint density at radius 3 is 2.60 bits per heavy atom. The number of fused-ring (bicyclic) bond motifs is 1. The second-order valence-corrected chi connectivity index (χ2v) is 7.64. The molecule has 154 valence electrons. The molecule has 0 unspecified atom stereocenters. The van der Waals surface area contributed by atoms with E-state index in [1.165, 1.54) is 16.4 Å². The Balaban J connectivity index is 1.61. The summed E-state index contributed by atoms with van der Waals surface area (Å²) >= 11 is 1.42. The molecule has 2 aromatic carbocycles. The number of unbranched alkanes of at least 4 members (excludes halogenated alkanes) is 1. The molecule has 0 saturated heterocycles. The molecular weight excluding hydrogens is 400 g/mol. The molecule has 0 radical (unpaired) electrons. The van der Waals surface area contributed by atoms with Crippen LogP contribution in [0.1, 0.15) is 19.8 Å². The van der Waals surface area contributed by atoms with Crippen LogP contribution in [-0.4, -0.2) is 36.9 Å². The monoisotopic (exact) mass is 422 g/mol. The predicted molar refractivity (Wildman–Crippen MR) is 117 cm³/mol. The lowest BCUT2D eigenvalue weighted by Gasteiger charge is -2.10. The molecule has 2 heterocycles. The molecule has 0 aliphatic heterocycles. The maximum absolute atomic E-state index is 12.7. The van der Waals surface area contributed by atoms with Gasteiger partial charge in [-0.05, 0) is 42.8 Å². The van der Waals surface area contributed by atoms with E-state index >= 15 is 0 Å². The fourth-order valence-electron chi connectivity index (χ4n) is 3.09. The molecule has 0 atom stereocenters. The normalized spacial score (nSPS) is 11.1. The van der Waals surface area contributed by atoms with Crippen LogP contribution >= 0.6 is 11.8 Å². The molecule has 30 heavy (non-hydrogen) atoms. The fraction of sp³-hybridized carbons (Fsp3) is 0.286.